The molecule has 0 spiro atoms. The molecule has 1 N–H and O–H groups in total. The van der Waals surface area contributed by atoms with Crippen molar-refractivity contribution in [2.75, 3.05) is 0 Å². The summed E-state index contributed by atoms with van der Waals surface area (Å²) >= 11 is 1.34. The van der Waals surface area contributed by atoms with Crippen LogP contribution in [0.25, 0.3) is 0 Å². The lowest BCUT2D eigenvalue weighted by Gasteiger charge is -2.00. The maximum atomic E-state index is 11.0. The number of hydrogen-bond acceptors (Lipinski definition) is 3. The minimum absolute atomic E-state index is 0.183. The number of carboxylic acids is 1. The molecule has 16 heavy (non-hydrogen) atoms. The first kappa shape index (κ1) is 13.2. The van der Waals surface area contributed by atoms with E-state index in [4.69, 9.17) is 5.11 Å². The van der Waals surface area contributed by atoms with Crippen molar-refractivity contribution in [3.05, 3.63) is 15.6 Å². The summed E-state index contributed by atoms with van der Waals surface area (Å²) in [6, 6.07) is 0. The molecule has 1 heterocycles. The van der Waals surface area contributed by atoms with E-state index in [1.54, 1.807) is 0 Å². The van der Waals surface area contributed by atoms with E-state index in [1.807, 2.05) is 13.8 Å². The summed E-state index contributed by atoms with van der Waals surface area (Å²) in [7, 11) is 0. The van der Waals surface area contributed by atoms with Gasteiger partial charge in [0.05, 0.1) is 10.7 Å². The molecule has 0 saturated heterocycles. The van der Waals surface area contributed by atoms with Gasteiger partial charge in [0, 0.05) is 0 Å². The zero-order valence-electron chi connectivity index (χ0n) is 10.1. The Bertz CT molecular complexity index is 358. The number of hydrogen-bond donors (Lipinski definition) is 1. The highest BCUT2D eigenvalue weighted by Crippen LogP contribution is 2.26. The zero-order chi connectivity index (χ0) is 12.1. The molecular formula is C12H19NO2S. The van der Waals surface area contributed by atoms with Crippen molar-refractivity contribution in [3.8, 4) is 0 Å². The Labute approximate surface area is 101 Å². The fraction of sp³-hybridized carbons (Fsp3) is 0.667. The minimum Gasteiger partial charge on any atom is -0.477 e. The number of aromatic nitrogens is 1. The molecule has 4 heteroatoms. The number of nitrogens with zero attached hydrogens (tertiary/aromatic N) is 1. The number of carbonyl (C=O) groups is 1. The van der Waals surface area contributed by atoms with E-state index in [0.717, 1.165) is 23.5 Å². The van der Waals surface area contributed by atoms with Crippen molar-refractivity contribution in [1.29, 1.82) is 0 Å². The third-order valence-corrected chi connectivity index (χ3v) is 3.55. The Hall–Kier alpha value is -0.900. The van der Waals surface area contributed by atoms with Gasteiger partial charge in [-0.2, -0.15) is 0 Å². The van der Waals surface area contributed by atoms with E-state index in [0.29, 0.717) is 4.88 Å². The molecule has 0 radical (unpaired) electrons. The topological polar surface area (TPSA) is 50.2 Å². The largest absolute Gasteiger partial charge is 0.477 e. The van der Waals surface area contributed by atoms with Crippen molar-refractivity contribution in [3.63, 3.8) is 0 Å². The van der Waals surface area contributed by atoms with Gasteiger partial charge in [-0.3, -0.25) is 0 Å². The van der Waals surface area contributed by atoms with Crippen LogP contribution in [-0.2, 0) is 6.42 Å². The number of thiazole rings is 1. The summed E-state index contributed by atoms with van der Waals surface area (Å²) in [5.74, 6) is -0.662. The van der Waals surface area contributed by atoms with Gasteiger partial charge in [-0.15, -0.1) is 11.3 Å². The van der Waals surface area contributed by atoms with Crippen molar-refractivity contribution in [1.82, 2.24) is 4.98 Å². The van der Waals surface area contributed by atoms with E-state index in [9.17, 15) is 4.79 Å². The number of carboxylic acid groups (broad SMARTS) is 1. The van der Waals surface area contributed by atoms with Gasteiger partial charge in [0.15, 0.2) is 0 Å². The fourth-order valence-electron chi connectivity index (χ4n) is 1.56. The summed E-state index contributed by atoms with van der Waals surface area (Å²) in [5, 5.41) is 10.0. The monoisotopic (exact) mass is 241 g/mol. The molecule has 90 valence electrons. The number of rotatable bonds is 6. The maximum Gasteiger partial charge on any atom is 0.347 e. The van der Waals surface area contributed by atoms with Crippen molar-refractivity contribution < 1.29 is 9.90 Å². The average Bonchev–Trinajstić information content (AvgIpc) is 2.62. The highest BCUT2D eigenvalue weighted by molar-refractivity contribution is 7.13. The van der Waals surface area contributed by atoms with Gasteiger partial charge >= 0.3 is 5.97 Å². The molecule has 0 aliphatic heterocycles. The molecule has 0 saturated carbocycles. The summed E-state index contributed by atoms with van der Waals surface area (Å²) in [6.07, 6.45) is 4.36. The maximum absolute atomic E-state index is 11.0. The summed E-state index contributed by atoms with van der Waals surface area (Å²) in [6.45, 7) is 6.12. The standard InChI is InChI=1S/C12H19NO2S/c1-4-5-6-7-9-13-10(8(2)3)11(16-9)12(14)15/h8H,4-7H2,1-3H3,(H,14,15). The molecule has 0 unspecified atom stereocenters. The zero-order valence-corrected chi connectivity index (χ0v) is 10.9. The van der Waals surface area contributed by atoms with Crippen LogP contribution in [0, 0.1) is 0 Å². The second-order valence-corrected chi connectivity index (χ2v) is 5.32. The van der Waals surface area contributed by atoms with Crippen molar-refractivity contribution in [2.45, 2.75) is 52.4 Å². The van der Waals surface area contributed by atoms with Crippen LogP contribution in [-0.4, -0.2) is 16.1 Å². The third kappa shape index (κ3) is 3.30. The van der Waals surface area contributed by atoms with Crippen molar-refractivity contribution in [2.24, 2.45) is 0 Å². The predicted octanol–water partition coefficient (Wildman–Crippen LogP) is 3.70. The van der Waals surface area contributed by atoms with Gasteiger partial charge in [0.1, 0.15) is 4.88 Å². The molecule has 0 atom stereocenters. The SMILES string of the molecule is CCCCCc1nc(C(C)C)c(C(=O)O)s1. The normalized spacial score (nSPS) is 11.0. The lowest BCUT2D eigenvalue weighted by Crippen LogP contribution is -2.00. The molecule has 1 aromatic rings. The van der Waals surface area contributed by atoms with Crippen LogP contribution in [0.5, 0.6) is 0 Å². The van der Waals surface area contributed by atoms with Crippen LogP contribution in [0.2, 0.25) is 0 Å². The quantitative estimate of drug-likeness (QED) is 0.773. The molecular weight excluding hydrogens is 222 g/mol. The first-order valence-electron chi connectivity index (χ1n) is 5.79. The summed E-state index contributed by atoms with van der Waals surface area (Å²) < 4.78 is 0. The first-order valence-corrected chi connectivity index (χ1v) is 6.60. The second-order valence-electron chi connectivity index (χ2n) is 4.24. The Morgan fingerprint density at radius 2 is 2.12 bits per heavy atom. The molecule has 0 aliphatic rings. The molecule has 1 aromatic heterocycles. The predicted molar refractivity (Wildman–Crippen MR) is 66.4 cm³/mol. The molecule has 0 aliphatic carbocycles. The lowest BCUT2D eigenvalue weighted by atomic mass is 10.1. The van der Waals surface area contributed by atoms with Crippen LogP contribution < -0.4 is 0 Å². The van der Waals surface area contributed by atoms with Crippen LogP contribution in [0.3, 0.4) is 0 Å². The summed E-state index contributed by atoms with van der Waals surface area (Å²) in [5.41, 5.74) is 0.740. The molecule has 3 nitrogen and oxygen atoms in total. The minimum atomic E-state index is -0.844. The van der Waals surface area contributed by atoms with Crippen LogP contribution in [0.4, 0.5) is 0 Å². The smallest absolute Gasteiger partial charge is 0.347 e. The Balaban J connectivity index is 2.80. The van der Waals surface area contributed by atoms with E-state index >= 15 is 0 Å². The number of aryl methyl sites for hydroxylation is 1. The van der Waals surface area contributed by atoms with Crippen LogP contribution in [0.1, 0.15) is 66.3 Å². The highest BCUT2D eigenvalue weighted by Gasteiger charge is 2.19. The Morgan fingerprint density at radius 1 is 1.44 bits per heavy atom. The second kappa shape index (κ2) is 5.99. The number of unbranched alkanes of at least 4 members (excludes halogenated alkanes) is 2. The fourth-order valence-corrected chi connectivity index (χ4v) is 2.65. The van der Waals surface area contributed by atoms with Gasteiger partial charge in [-0.25, -0.2) is 9.78 Å². The highest BCUT2D eigenvalue weighted by atomic mass is 32.1. The Kier molecular flexibility index (Phi) is 4.93. The average molecular weight is 241 g/mol. The van der Waals surface area contributed by atoms with E-state index in [1.165, 1.54) is 24.2 Å². The summed E-state index contributed by atoms with van der Waals surface area (Å²) in [4.78, 5) is 15.9. The first-order chi connectivity index (χ1) is 7.56. The van der Waals surface area contributed by atoms with E-state index in [-0.39, 0.29) is 5.92 Å². The molecule has 0 aromatic carbocycles. The van der Waals surface area contributed by atoms with E-state index < -0.39 is 5.97 Å². The van der Waals surface area contributed by atoms with Gasteiger partial charge in [0.2, 0.25) is 0 Å². The molecule has 0 amide bonds. The van der Waals surface area contributed by atoms with E-state index in [2.05, 4.69) is 11.9 Å². The lowest BCUT2D eigenvalue weighted by molar-refractivity contribution is 0.0700. The van der Waals surface area contributed by atoms with Gasteiger partial charge in [0.25, 0.3) is 0 Å². The Morgan fingerprint density at radius 3 is 2.56 bits per heavy atom. The molecule has 0 bridgehead atoms. The van der Waals surface area contributed by atoms with Crippen molar-refractivity contribution >= 4 is 17.3 Å². The van der Waals surface area contributed by atoms with Gasteiger partial charge in [-0.1, -0.05) is 33.6 Å². The van der Waals surface area contributed by atoms with Gasteiger partial charge < -0.3 is 5.11 Å². The molecule has 0 fully saturated rings. The number of aromatic carboxylic acids is 1. The third-order valence-electron chi connectivity index (χ3n) is 2.43. The molecule has 1 rings (SSSR count). The van der Waals surface area contributed by atoms with Gasteiger partial charge in [-0.05, 0) is 18.8 Å². The van der Waals surface area contributed by atoms with Crippen LogP contribution >= 0.6 is 11.3 Å². The van der Waals surface area contributed by atoms with Crippen LogP contribution in [0.15, 0.2) is 0 Å².